The van der Waals surface area contributed by atoms with Crippen LogP contribution in [0.2, 0.25) is 0 Å². The Morgan fingerprint density at radius 2 is 0.909 bits per heavy atom. The number of hydrogen-bond donors (Lipinski definition) is 0. The van der Waals surface area contributed by atoms with Gasteiger partial charge in [-0.05, 0) is 106 Å². The van der Waals surface area contributed by atoms with Gasteiger partial charge in [-0.2, -0.15) is 0 Å². The second kappa shape index (κ2) is 12.6. The summed E-state index contributed by atoms with van der Waals surface area (Å²) in [6.07, 6.45) is 0. The van der Waals surface area contributed by atoms with Gasteiger partial charge in [0.05, 0.1) is 22.1 Å². The smallest absolute Gasteiger partial charge is 0.137 e. The van der Waals surface area contributed by atoms with Gasteiger partial charge < -0.3 is 13.9 Å². The van der Waals surface area contributed by atoms with Crippen LogP contribution >= 0.6 is 0 Å². The van der Waals surface area contributed by atoms with Gasteiger partial charge in [-0.15, -0.1) is 0 Å². The van der Waals surface area contributed by atoms with E-state index >= 15 is 0 Å². The Bertz CT molecular complexity index is 3170. The largest absolute Gasteiger partial charge is 0.456 e. The van der Waals surface area contributed by atoms with Crippen molar-refractivity contribution in [3.63, 3.8) is 0 Å². The van der Waals surface area contributed by atoms with Crippen molar-refractivity contribution in [3.8, 4) is 27.9 Å². The van der Waals surface area contributed by atoms with Gasteiger partial charge in [0.15, 0.2) is 0 Å². The number of benzene rings is 9. The van der Waals surface area contributed by atoms with E-state index in [4.69, 9.17) is 4.42 Å². The molecule has 0 aliphatic rings. The summed E-state index contributed by atoms with van der Waals surface area (Å²) in [7, 11) is 0. The van der Waals surface area contributed by atoms with E-state index < -0.39 is 0 Å². The van der Waals surface area contributed by atoms with Gasteiger partial charge in [0.2, 0.25) is 0 Å². The van der Waals surface area contributed by atoms with E-state index in [0.29, 0.717) is 0 Å². The summed E-state index contributed by atoms with van der Waals surface area (Å²) in [6.45, 7) is 0. The lowest BCUT2D eigenvalue weighted by Crippen LogP contribution is -2.10. The van der Waals surface area contributed by atoms with Crippen molar-refractivity contribution in [2.24, 2.45) is 0 Å². The first kappa shape index (κ1) is 31.2. The van der Waals surface area contributed by atoms with E-state index in [0.717, 1.165) is 50.3 Å². The molecule has 258 valence electrons. The number of para-hydroxylation sites is 2. The number of anilines is 3. The molecule has 2 aromatic heterocycles. The molecule has 0 atom stereocenters. The van der Waals surface area contributed by atoms with Crippen LogP contribution in [0.15, 0.2) is 211 Å². The SMILES string of the molecule is c1ccc(-c2ccc(N(c3ccc(-c4ccc(-n5c6ccccc6c6cc7ccccc7cc65)cc4)cc3)c3cccc4oc5ccccc5c34)cc2)cc1. The summed E-state index contributed by atoms with van der Waals surface area (Å²) < 4.78 is 8.74. The average molecular weight is 703 g/mol. The summed E-state index contributed by atoms with van der Waals surface area (Å²) in [5.74, 6) is 0. The van der Waals surface area contributed by atoms with Gasteiger partial charge in [-0.1, -0.05) is 133 Å². The van der Waals surface area contributed by atoms with Crippen LogP contribution in [0.3, 0.4) is 0 Å². The highest BCUT2D eigenvalue weighted by atomic mass is 16.3. The van der Waals surface area contributed by atoms with Crippen LogP contribution in [-0.2, 0) is 0 Å². The maximum atomic E-state index is 6.34. The van der Waals surface area contributed by atoms with E-state index in [2.05, 4.69) is 204 Å². The maximum Gasteiger partial charge on any atom is 0.137 e. The topological polar surface area (TPSA) is 21.3 Å². The normalized spacial score (nSPS) is 11.6. The predicted octanol–water partition coefficient (Wildman–Crippen LogP) is 14.6. The van der Waals surface area contributed by atoms with Crippen molar-refractivity contribution in [1.29, 1.82) is 0 Å². The van der Waals surface area contributed by atoms with Crippen molar-refractivity contribution in [2.45, 2.75) is 0 Å². The molecule has 0 saturated carbocycles. The van der Waals surface area contributed by atoms with Gasteiger partial charge in [0.25, 0.3) is 0 Å². The number of rotatable bonds is 6. The van der Waals surface area contributed by atoms with Crippen LogP contribution in [0.4, 0.5) is 17.1 Å². The minimum atomic E-state index is 0.873. The molecule has 3 heteroatoms. The molecule has 2 heterocycles. The fourth-order valence-corrected chi connectivity index (χ4v) is 8.34. The van der Waals surface area contributed by atoms with Crippen molar-refractivity contribution in [3.05, 3.63) is 206 Å². The fraction of sp³-hybridized carbons (Fsp3) is 0. The Hall–Kier alpha value is -7.36. The third kappa shape index (κ3) is 5.20. The number of nitrogens with zero attached hydrogens (tertiary/aromatic N) is 2. The van der Waals surface area contributed by atoms with Crippen LogP contribution in [0, 0.1) is 0 Å². The van der Waals surface area contributed by atoms with E-state index in [9.17, 15) is 0 Å². The quantitative estimate of drug-likeness (QED) is 0.172. The van der Waals surface area contributed by atoms with Gasteiger partial charge in [0.1, 0.15) is 11.2 Å². The number of furan rings is 1. The highest BCUT2D eigenvalue weighted by Crippen LogP contribution is 2.44. The van der Waals surface area contributed by atoms with Crippen LogP contribution in [-0.4, -0.2) is 4.57 Å². The number of aromatic nitrogens is 1. The number of hydrogen-bond acceptors (Lipinski definition) is 2. The lowest BCUT2D eigenvalue weighted by Gasteiger charge is -2.26. The molecule has 0 aliphatic heterocycles. The molecule has 11 aromatic rings. The van der Waals surface area contributed by atoms with Crippen molar-refractivity contribution < 1.29 is 4.42 Å². The molecule has 0 radical (unpaired) electrons. The Labute approximate surface area is 318 Å². The lowest BCUT2D eigenvalue weighted by molar-refractivity contribution is 0.669. The highest BCUT2D eigenvalue weighted by Gasteiger charge is 2.20. The van der Waals surface area contributed by atoms with Gasteiger partial charge >= 0.3 is 0 Å². The molecule has 0 fully saturated rings. The Morgan fingerprint density at radius 1 is 0.364 bits per heavy atom. The molecule has 55 heavy (non-hydrogen) atoms. The summed E-state index contributed by atoms with van der Waals surface area (Å²) in [5, 5.41) is 7.24. The molecule has 0 N–H and O–H groups in total. The van der Waals surface area contributed by atoms with Crippen LogP contribution in [0.1, 0.15) is 0 Å². The van der Waals surface area contributed by atoms with E-state index in [1.54, 1.807) is 0 Å². The first-order valence-corrected chi connectivity index (χ1v) is 18.8. The highest BCUT2D eigenvalue weighted by molar-refractivity contribution is 6.14. The first-order valence-electron chi connectivity index (χ1n) is 18.8. The van der Waals surface area contributed by atoms with Gasteiger partial charge in [0, 0.05) is 33.2 Å². The Kier molecular flexibility index (Phi) is 7.17. The van der Waals surface area contributed by atoms with Crippen LogP contribution in [0.25, 0.3) is 82.5 Å². The summed E-state index contributed by atoms with van der Waals surface area (Å²) in [4.78, 5) is 2.35. The molecule has 11 rings (SSSR count). The second-order valence-corrected chi connectivity index (χ2v) is 14.2. The third-order valence-electron chi connectivity index (χ3n) is 11.0. The van der Waals surface area contributed by atoms with Crippen molar-refractivity contribution in [2.75, 3.05) is 4.90 Å². The van der Waals surface area contributed by atoms with Crippen LogP contribution < -0.4 is 4.90 Å². The summed E-state index contributed by atoms with van der Waals surface area (Å²) in [6, 6.07) is 73.9. The van der Waals surface area contributed by atoms with E-state index in [1.165, 1.54) is 49.3 Å². The van der Waals surface area contributed by atoms with E-state index in [1.807, 2.05) is 12.1 Å². The molecule has 0 aliphatic carbocycles. The molecule has 0 saturated heterocycles. The average Bonchev–Trinajstić information content (AvgIpc) is 3.80. The van der Waals surface area contributed by atoms with Gasteiger partial charge in [-0.3, -0.25) is 0 Å². The zero-order chi connectivity index (χ0) is 36.3. The Morgan fingerprint density at radius 3 is 1.62 bits per heavy atom. The van der Waals surface area contributed by atoms with E-state index in [-0.39, 0.29) is 0 Å². The molecule has 9 aromatic carbocycles. The lowest BCUT2D eigenvalue weighted by atomic mass is 10.0. The number of fused-ring (bicyclic) bond motifs is 7. The summed E-state index contributed by atoms with van der Waals surface area (Å²) in [5.41, 5.74) is 13.3. The monoisotopic (exact) mass is 702 g/mol. The Balaban J connectivity index is 0.992. The zero-order valence-electron chi connectivity index (χ0n) is 29.9. The molecule has 0 unspecified atom stereocenters. The molecule has 0 amide bonds. The van der Waals surface area contributed by atoms with Crippen molar-refractivity contribution >= 4 is 71.6 Å². The summed E-state index contributed by atoms with van der Waals surface area (Å²) >= 11 is 0. The van der Waals surface area contributed by atoms with Gasteiger partial charge in [-0.25, -0.2) is 0 Å². The molecular formula is C52H34N2O. The minimum Gasteiger partial charge on any atom is -0.456 e. The zero-order valence-corrected chi connectivity index (χ0v) is 29.9. The second-order valence-electron chi connectivity index (χ2n) is 14.2. The third-order valence-corrected chi connectivity index (χ3v) is 11.0. The molecule has 0 bridgehead atoms. The molecule has 0 spiro atoms. The van der Waals surface area contributed by atoms with Crippen LogP contribution in [0.5, 0.6) is 0 Å². The maximum absolute atomic E-state index is 6.34. The fourth-order valence-electron chi connectivity index (χ4n) is 8.34. The first-order chi connectivity index (χ1) is 27.3. The molecule has 3 nitrogen and oxygen atoms in total. The standard InChI is InChI=1S/C52H34N2O/c1-2-11-35(12-3-1)36-21-27-41(28-22-36)53(48-18-10-20-51-52(48)45-16-7-9-19-50(45)55-51)42-29-23-37(24-30-42)38-25-31-43(32-26-38)54-47-17-8-6-15-44(47)46-33-39-13-4-5-14-40(39)34-49(46)54/h1-34H. The minimum absolute atomic E-state index is 0.873. The predicted molar refractivity (Wildman–Crippen MR) is 231 cm³/mol. The van der Waals surface area contributed by atoms with Crippen molar-refractivity contribution in [1.82, 2.24) is 4.57 Å². The molecular weight excluding hydrogens is 669 g/mol.